The highest BCUT2D eigenvalue weighted by Gasteiger charge is 2.22. The Labute approximate surface area is 124 Å². The molecule has 2 aliphatic rings. The molecule has 3 rings (SSSR count). The average Bonchev–Trinajstić information content (AvgIpc) is 2.99. The number of benzene rings is 1. The van der Waals surface area contributed by atoms with E-state index in [1.807, 2.05) is 12.1 Å². The summed E-state index contributed by atoms with van der Waals surface area (Å²) in [6.07, 6.45) is 0.0924. The van der Waals surface area contributed by atoms with Crippen LogP contribution >= 0.6 is 0 Å². The Morgan fingerprint density at radius 2 is 2.14 bits per heavy atom. The Balaban J connectivity index is 1.64. The van der Waals surface area contributed by atoms with Crippen LogP contribution in [0.2, 0.25) is 0 Å². The second-order valence-corrected chi connectivity index (χ2v) is 5.21. The highest BCUT2D eigenvalue weighted by molar-refractivity contribution is 5.51. The van der Waals surface area contributed by atoms with Crippen LogP contribution in [0.4, 0.5) is 0 Å². The fourth-order valence-corrected chi connectivity index (χ4v) is 2.61. The number of morpholine rings is 1. The number of hydrogen-bond donors (Lipinski definition) is 1. The minimum Gasteiger partial charge on any atom is -0.490 e. The van der Waals surface area contributed by atoms with Gasteiger partial charge in [-0.05, 0) is 12.6 Å². The lowest BCUT2D eigenvalue weighted by molar-refractivity contribution is -0.0465. The zero-order valence-corrected chi connectivity index (χ0v) is 12.3. The second kappa shape index (κ2) is 6.51. The summed E-state index contributed by atoms with van der Waals surface area (Å²) in [6.45, 7) is 7.02. The van der Waals surface area contributed by atoms with E-state index in [-0.39, 0.29) is 12.9 Å². The van der Waals surface area contributed by atoms with E-state index < -0.39 is 0 Å². The predicted octanol–water partition coefficient (Wildman–Crippen LogP) is 0.973. The zero-order valence-electron chi connectivity index (χ0n) is 12.3. The molecule has 1 fully saturated rings. The van der Waals surface area contributed by atoms with Gasteiger partial charge in [-0.2, -0.15) is 0 Å². The summed E-state index contributed by atoms with van der Waals surface area (Å²) in [5, 5.41) is 0. The van der Waals surface area contributed by atoms with Crippen LogP contribution in [-0.2, 0) is 11.3 Å². The molecule has 0 spiro atoms. The van der Waals surface area contributed by atoms with Crippen molar-refractivity contribution in [1.82, 2.24) is 4.90 Å². The molecule has 0 bridgehead atoms. The Kier molecular flexibility index (Phi) is 4.48. The molecule has 116 valence electrons. The third-order valence-electron chi connectivity index (χ3n) is 3.87. The second-order valence-electron chi connectivity index (χ2n) is 5.21. The van der Waals surface area contributed by atoms with Crippen LogP contribution in [0.3, 0.4) is 0 Å². The van der Waals surface area contributed by atoms with Crippen LogP contribution in [0, 0.1) is 0 Å². The van der Waals surface area contributed by atoms with E-state index in [1.54, 1.807) is 0 Å². The predicted molar refractivity (Wildman–Crippen MR) is 77.8 cm³/mol. The molecule has 21 heavy (non-hydrogen) atoms. The molecule has 0 radical (unpaired) electrons. The van der Waals surface area contributed by atoms with Gasteiger partial charge in [-0.25, -0.2) is 0 Å². The molecule has 0 saturated carbocycles. The molecule has 2 aliphatic heterocycles. The van der Waals surface area contributed by atoms with Gasteiger partial charge in [0.1, 0.15) is 18.5 Å². The van der Waals surface area contributed by atoms with Crippen LogP contribution in [-0.4, -0.2) is 50.6 Å². The van der Waals surface area contributed by atoms with Gasteiger partial charge >= 0.3 is 0 Å². The summed E-state index contributed by atoms with van der Waals surface area (Å²) in [7, 11) is 0. The van der Waals surface area contributed by atoms with Gasteiger partial charge in [-0.1, -0.05) is 6.92 Å². The highest BCUT2D eigenvalue weighted by Crippen LogP contribution is 2.38. The Morgan fingerprint density at radius 1 is 1.33 bits per heavy atom. The molecule has 1 unspecified atom stereocenters. The van der Waals surface area contributed by atoms with E-state index in [0.29, 0.717) is 18.9 Å². The van der Waals surface area contributed by atoms with Gasteiger partial charge in [0.05, 0.1) is 6.61 Å². The molecule has 1 aromatic carbocycles. The minimum atomic E-state index is 0.0924. The van der Waals surface area contributed by atoms with Crippen molar-refractivity contribution in [2.45, 2.75) is 19.6 Å². The Morgan fingerprint density at radius 3 is 2.90 bits per heavy atom. The van der Waals surface area contributed by atoms with Crippen molar-refractivity contribution in [3.05, 3.63) is 17.7 Å². The molecule has 1 saturated heterocycles. The van der Waals surface area contributed by atoms with Gasteiger partial charge in [-0.3, -0.25) is 4.90 Å². The average molecular weight is 294 g/mol. The number of hydrogen-bond acceptors (Lipinski definition) is 6. The van der Waals surface area contributed by atoms with E-state index in [9.17, 15) is 0 Å². The van der Waals surface area contributed by atoms with Gasteiger partial charge in [0, 0.05) is 31.3 Å². The largest absolute Gasteiger partial charge is 0.490 e. The van der Waals surface area contributed by atoms with Crippen molar-refractivity contribution in [3.63, 3.8) is 0 Å². The molecule has 2 N–H and O–H groups in total. The summed E-state index contributed by atoms with van der Waals surface area (Å²) in [4.78, 5) is 2.36. The maximum absolute atomic E-state index is 5.92. The van der Waals surface area contributed by atoms with E-state index in [4.69, 9.17) is 24.7 Å². The first-order valence-electron chi connectivity index (χ1n) is 7.39. The quantitative estimate of drug-likeness (QED) is 0.873. The monoisotopic (exact) mass is 294 g/mol. The number of fused-ring (bicyclic) bond motifs is 1. The third-order valence-corrected chi connectivity index (χ3v) is 3.87. The van der Waals surface area contributed by atoms with Crippen molar-refractivity contribution in [2.24, 2.45) is 5.73 Å². The number of nitrogens with zero attached hydrogens (tertiary/aromatic N) is 1. The van der Waals surface area contributed by atoms with Crippen molar-refractivity contribution in [1.29, 1.82) is 0 Å². The maximum Gasteiger partial charge on any atom is 0.231 e. The minimum absolute atomic E-state index is 0.0924. The summed E-state index contributed by atoms with van der Waals surface area (Å²) in [5.41, 5.74) is 6.70. The normalized spacial score (nSPS) is 21.5. The van der Waals surface area contributed by atoms with Gasteiger partial charge in [0.25, 0.3) is 0 Å². The molecule has 6 nitrogen and oxygen atoms in total. The molecule has 1 atom stereocenters. The van der Waals surface area contributed by atoms with E-state index >= 15 is 0 Å². The lowest BCUT2D eigenvalue weighted by Gasteiger charge is -2.32. The van der Waals surface area contributed by atoms with Crippen LogP contribution in [0.5, 0.6) is 17.2 Å². The summed E-state index contributed by atoms with van der Waals surface area (Å²) in [6, 6.07) is 3.74. The summed E-state index contributed by atoms with van der Waals surface area (Å²) in [5.74, 6) is 2.19. The standard InChI is InChI=1S/C15H22N2O4/c1-2-17-3-4-18-12(8-17)9-19-13-6-15-14(20-10-21-15)5-11(13)7-16/h5-6,12H,2-4,7-10,16H2,1H3. The molecule has 0 aromatic heterocycles. The lowest BCUT2D eigenvalue weighted by Crippen LogP contribution is -2.44. The van der Waals surface area contributed by atoms with E-state index in [1.165, 1.54) is 0 Å². The lowest BCUT2D eigenvalue weighted by atomic mass is 10.1. The summed E-state index contributed by atoms with van der Waals surface area (Å²) >= 11 is 0. The first-order valence-corrected chi connectivity index (χ1v) is 7.39. The first kappa shape index (κ1) is 14.4. The molecule has 6 heteroatoms. The van der Waals surface area contributed by atoms with Crippen molar-refractivity contribution < 1.29 is 18.9 Å². The molecule has 2 heterocycles. The smallest absolute Gasteiger partial charge is 0.231 e. The van der Waals surface area contributed by atoms with Gasteiger partial charge in [-0.15, -0.1) is 0 Å². The SMILES string of the molecule is CCN1CCOC(COc2cc3c(cc2CN)OCO3)C1. The van der Waals surface area contributed by atoms with Crippen LogP contribution < -0.4 is 19.9 Å². The molecular formula is C15H22N2O4. The Hall–Kier alpha value is -1.50. The van der Waals surface area contributed by atoms with Gasteiger partial charge in [0.2, 0.25) is 6.79 Å². The number of nitrogens with two attached hydrogens (primary N) is 1. The number of likely N-dealkylation sites (N-methyl/N-ethyl adjacent to an activating group) is 1. The van der Waals surface area contributed by atoms with Crippen LogP contribution in [0.25, 0.3) is 0 Å². The molecule has 0 aliphatic carbocycles. The van der Waals surface area contributed by atoms with Crippen molar-refractivity contribution >= 4 is 0 Å². The fourth-order valence-electron chi connectivity index (χ4n) is 2.61. The topological polar surface area (TPSA) is 66.2 Å². The van der Waals surface area contributed by atoms with Gasteiger partial charge in [0.15, 0.2) is 11.5 Å². The van der Waals surface area contributed by atoms with E-state index in [2.05, 4.69) is 11.8 Å². The molecular weight excluding hydrogens is 272 g/mol. The molecule has 1 aromatic rings. The van der Waals surface area contributed by atoms with Crippen LogP contribution in [0.1, 0.15) is 12.5 Å². The third kappa shape index (κ3) is 3.23. The zero-order chi connectivity index (χ0) is 14.7. The first-order chi connectivity index (χ1) is 10.3. The molecule has 0 amide bonds. The fraction of sp³-hybridized carbons (Fsp3) is 0.600. The Bertz CT molecular complexity index is 495. The number of rotatable bonds is 5. The van der Waals surface area contributed by atoms with Gasteiger partial charge < -0.3 is 24.7 Å². The van der Waals surface area contributed by atoms with Crippen molar-refractivity contribution in [2.75, 3.05) is 39.6 Å². The highest BCUT2D eigenvalue weighted by atomic mass is 16.7. The number of ether oxygens (including phenoxy) is 4. The van der Waals surface area contributed by atoms with Crippen LogP contribution in [0.15, 0.2) is 12.1 Å². The summed E-state index contributed by atoms with van der Waals surface area (Å²) < 4.78 is 22.4. The van der Waals surface area contributed by atoms with Crippen molar-refractivity contribution in [3.8, 4) is 17.2 Å². The van der Waals surface area contributed by atoms with E-state index in [0.717, 1.165) is 43.3 Å². The maximum atomic E-state index is 5.92.